The highest BCUT2D eigenvalue weighted by atomic mass is 19.4. The van der Waals surface area contributed by atoms with E-state index in [0.717, 1.165) is 24.1 Å². The minimum atomic E-state index is -4.41. The molecule has 1 amide bonds. The van der Waals surface area contributed by atoms with Gasteiger partial charge in [-0.1, -0.05) is 32.0 Å². The SMILES string of the molecule is CCC(C)c1ccccc1NC(=O)c1coc(-c2ccc(C(F)(F)F)cc2)n1. The predicted molar refractivity (Wildman–Crippen MR) is 100 cm³/mol. The van der Waals surface area contributed by atoms with E-state index in [-0.39, 0.29) is 17.5 Å². The van der Waals surface area contributed by atoms with Crippen molar-refractivity contribution >= 4 is 11.6 Å². The van der Waals surface area contributed by atoms with Crippen LogP contribution in [0.3, 0.4) is 0 Å². The Morgan fingerprint density at radius 1 is 1.14 bits per heavy atom. The molecule has 0 bridgehead atoms. The average Bonchev–Trinajstić information content (AvgIpc) is 3.17. The molecule has 0 aliphatic heterocycles. The van der Waals surface area contributed by atoms with Crippen molar-refractivity contribution in [2.75, 3.05) is 5.32 Å². The van der Waals surface area contributed by atoms with E-state index in [4.69, 9.17) is 4.42 Å². The summed E-state index contributed by atoms with van der Waals surface area (Å²) in [6, 6.07) is 11.9. The molecule has 146 valence electrons. The highest BCUT2D eigenvalue weighted by Gasteiger charge is 2.30. The molecule has 2 aromatic carbocycles. The lowest BCUT2D eigenvalue weighted by Gasteiger charge is -2.14. The molecular weight excluding hydrogens is 369 g/mol. The molecule has 1 heterocycles. The second-order valence-corrected chi connectivity index (χ2v) is 6.46. The van der Waals surface area contributed by atoms with Gasteiger partial charge in [-0.05, 0) is 48.2 Å². The standard InChI is InChI=1S/C21H19F3N2O2/c1-3-13(2)16-6-4-5-7-17(16)25-19(27)18-12-28-20(26-18)14-8-10-15(11-9-14)21(22,23)24/h4-13H,3H2,1-2H3,(H,25,27). The number of rotatable bonds is 5. The molecule has 1 aromatic heterocycles. The van der Waals surface area contributed by atoms with Crippen LogP contribution in [-0.2, 0) is 6.18 Å². The van der Waals surface area contributed by atoms with Gasteiger partial charge in [-0.2, -0.15) is 13.2 Å². The molecule has 0 spiro atoms. The molecule has 0 saturated carbocycles. The van der Waals surface area contributed by atoms with Crippen molar-refractivity contribution in [1.29, 1.82) is 0 Å². The largest absolute Gasteiger partial charge is 0.444 e. The fourth-order valence-electron chi connectivity index (χ4n) is 2.76. The molecule has 28 heavy (non-hydrogen) atoms. The van der Waals surface area contributed by atoms with Gasteiger partial charge in [-0.15, -0.1) is 0 Å². The van der Waals surface area contributed by atoms with Gasteiger partial charge >= 0.3 is 6.18 Å². The molecule has 3 rings (SSSR count). The molecule has 0 fully saturated rings. The van der Waals surface area contributed by atoms with Crippen molar-refractivity contribution < 1.29 is 22.4 Å². The van der Waals surface area contributed by atoms with Gasteiger partial charge in [0.2, 0.25) is 5.89 Å². The molecule has 0 saturated heterocycles. The first-order valence-electron chi connectivity index (χ1n) is 8.83. The van der Waals surface area contributed by atoms with Crippen LogP contribution in [0.25, 0.3) is 11.5 Å². The number of benzene rings is 2. The number of oxazole rings is 1. The minimum absolute atomic E-state index is 0.0499. The van der Waals surface area contributed by atoms with Crippen molar-refractivity contribution in [2.45, 2.75) is 32.4 Å². The Morgan fingerprint density at radius 2 is 1.82 bits per heavy atom. The number of aromatic nitrogens is 1. The van der Waals surface area contributed by atoms with Gasteiger partial charge in [0.05, 0.1) is 5.56 Å². The number of carbonyl (C=O) groups excluding carboxylic acids is 1. The number of carbonyl (C=O) groups is 1. The molecule has 0 aliphatic rings. The quantitative estimate of drug-likeness (QED) is 0.572. The molecule has 0 radical (unpaired) electrons. The summed E-state index contributed by atoms with van der Waals surface area (Å²) in [5.41, 5.74) is 1.36. The zero-order valence-electron chi connectivity index (χ0n) is 15.4. The Balaban J connectivity index is 1.78. The molecular formula is C21H19F3N2O2. The van der Waals surface area contributed by atoms with Crippen molar-refractivity contribution in [2.24, 2.45) is 0 Å². The smallest absolute Gasteiger partial charge is 0.416 e. The molecule has 1 unspecified atom stereocenters. The normalized spacial score (nSPS) is 12.6. The number of para-hydroxylation sites is 1. The second kappa shape index (κ2) is 7.88. The molecule has 4 nitrogen and oxygen atoms in total. The Hall–Kier alpha value is -3.09. The summed E-state index contributed by atoms with van der Waals surface area (Å²) in [4.78, 5) is 16.6. The van der Waals surface area contributed by atoms with E-state index >= 15 is 0 Å². The van der Waals surface area contributed by atoms with Crippen LogP contribution in [0.4, 0.5) is 18.9 Å². The summed E-state index contributed by atoms with van der Waals surface area (Å²) in [6.45, 7) is 4.14. The highest BCUT2D eigenvalue weighted by molar-refractivity contribution is 6.03. The number of alkyl halides is 3. The summed E-state index contributed by atoms with van der Waals surface area (Å²) in [7, 11) is 0. The lowest BCUT2D eigenvalue weighted by molar-refractivity contribution is -0.137. The van der Waals surface area contributed by atoms with E-state index in [9.17, 15) is 18.0 Å². The summed E-state index contributed by atoms with van der Waals surface area (Å²) < 4.78 is 43.3. The van der Waals surface area contributed by atoms with E-state index in [1.54, 1.807) is 0 Å². The summed E-state index contributed by atoms with van der Waals surface area (Å²) >= 11 is 0. The van der Waals surface area contributed by atoms with Gasteiger partial charge < -0.3 is 9.73 Å². The van der Waals surface area contributed by atoms with Crippen LogP contribution in [-0.4, -0.2) is 10.9 Å². The first-order valence-corrected chi connectivity index (χ1v) is 8.83. The van der Waals surface area contributed by atoms with Crippen LogP contribution in [0, 0.1) is 0 Å². The Labute approximate surface area is 160 Å². The maximum Gasteiger partial charge on any atom is 0.416 e. The number of hydrogen-bond acceptors (Lipinski definition) is 3. The van der Waals surface area contributed by atoms with Gasteiger partial charge in [0.25, 0.3) is 5.91 Å². The number of nitrogens with zero attached hydrogens (tertiary/aromatic N) is 1. The van der Waals surface area contributed by atoms with Crippen LogP contribution >= 0.6 is 0 Å². The second-order valence-electron chi connectivity index (χ2n) is 6.46. The number of halogens is 3. The molecule has 1 N–H and O–H groups in total. The van der Waals surface area contributed by atoms with Crippen molar-refractivity contribution in [3.63, 3.8) is 0 Å². The molecule has 7 heteroatoms. The summed E-state index contributed by atoms with van der Waals surface area (Å²) in [5, 5.41) is 2.83. The minimum Gasteiger partial charge on any atom is -0.444 e. The highest BCUT2D eigenvalue weighted by Crippen LogP contribution is 2.31. The van der Waals surface area contributed by atoms with Crippen LogP contribution in [0.15, 0.2) is 59.2 Å². The van der Waals surface area contributed by atoms with Gasteiger partial charge in [-0.3, -0.25) is 4.79 Å². The van der Waals surface area contributed by atoms with E-state index in [2.05, 4.69) is 24.1 Å². The van der Waals surface area contributed by atoms with Gasteiger partial charge in [0.15, 0.2) is 5.69 Å². The lowest BCUT2D eigenvalue weighted by atomic mass is 9.97. The number of hydrogen-bond donors (Lipinski definition) is 1. The Morgan fingerprint density at radius 3 is 2.46 bits per heavy atom. The Kier molecular flexibility index (Phi) is 5.53. The molecule has 3 aromatic rings. The number of nitrogens with one attached hydrogen (secondary N) is 1. The maximum absolute atomic E-state index is 12.7. The molecule has 1 atom stereocenters. The summed E-state index contributed by atoms with van der Waals surface area (Å²) in [6.07, 6.45) is -2.30. The van der Waals surface area contributed by atoms with Gasteiger partial charge in [-0.25, -0.2) is 4.98 Å². The van der Waals surface area contributed by atoms with E-state index in [1.807, 2.05) is 24.3 Å². The number of amides is 1. The molecule has 0 aliphatic carbocycles. The monoisotopic (exact) mass is 388 g/mol. The predicted octanol–water partition coefficient (Wildman–Crippen LogP) is 6.13. The third kappa shape index (κ3) is 4.24. The zero-order chi connectivity index (χ0) is 20.3. The van der Waals surface area contributed by atoms with E-state index in [0.29, 0.717) is 11.3 Å². The van der Waals surface area contributed by atoms with Crippen LogP contribution in [0.2, 0.25) is 0 Å². The maximum atomic E-state index is 12.7. The fourth-order valence-corrected chi connectivity index (χ4v) is 2.76. The number of anilines is 1. The van der Waals surface area contributed by atoms with Gasteiger partial charge in [0.1, 0.15) is 6.26 Å². The average molecular weight is 388 g/mol. The summed E-state index contributed by atoms with van der Waals surface area (Å²) in [5.74, 6) is -0.0942. The first-order chi connectivity index (χ1) is 13.3. The fraction of sp³-hybridized carbons (Fsp3) is 0.238. The van der Waals surface area contributed by atoms with Crippen molar-refractivity contribution in [3.05, 3.63) is 71.6 Å². The van der Waals surface area contributed by atoms with E-state index < -0.39 is 17.6 Å². The lowest BCUT2D eigenvalue weighted by Crippen LogP contribution is -2.14. The van der Waals surface area contributed by atoms with Crippen molar-refractivity contribution in [3.8, 4) is 11.5 Å². The third-order valence-electron chi connectivity index (χ3n) is 4.55. The topological polar surface area (TPSA) is 55.1 Å². The van der Waals surface area contributed by atoms with Crippen LogP contribution < -0.4 is 5.32 Å². The van der Waals surface area contributed by atoms with Crippen molar-refractivity contribution in [1.82, 2.24) is 4.98 Å². The first kappa shape index (κ1) is 19.7. The van der Waals surface area contributed by atoms with E-state index in [1.165, 1.54) is 18.4 Å². The van der Waals surface area contributed by atoms with Gasteiger partial charge in [0, 0.05) is 11.3 Å². The van der Waals surface area contributed by atoms with Crippen LogP contribution in [0.5, 0.6) is 0 Å². The van der Waals surface area contributed by atoms with Crippen LogP contribution in [0.1, 0.15) is 47.8 Å². The zero-order valence-corrected chi connectivity index (χ0v) is 15.4. The third-order valence-corrected chi connectivity index (χ3v) is 4.55. The Bertz CT molecular complexity index is 962.